The molecule has 0 aliphatic carbocycles. The van der Waals surface area contributed by atoms with Crippen LogP contribution in [0.5, 0.6) is 0 Å². The molecule has 1 atom stereocenters. The van der Waals surface area contributed by atoms with E-state index in [9.17, 15) is 10.1 Å². The molecule has 0 aliphatic heterocycles. The highest BCUT2D eigenvalue weighted by Gasteiger charge is 2.15. The van der Waals surface area contributed by atoms with Crippen LogP contribution in [0.15, 0.2) is 12.1 Å². The number of nitrogens with one attached hydrogen (secondary N) is 1. The van der Waals surface area contributed by atoms with E-state index in [2.05, 4.69) is 5.32 Å². The fourth-order valence-electron chi connectivity index (χ4n) is 1.12. The van der Waals surface area contributed by atoms with Gasteiger partial charge < -0.3 is 15.5 Å². The molecule has 1 rings (SSSR count). The normalized spacial score (nSPS) is 12.2. The van der Waals surface area contributed by atoms with Crippen LogP contribution in [0.25, 0.3) is 0 Å². The lowest BCUT2D eigenvalue weighted by Crippen LogP contribution is -2.23. The van der Waals surface area contributed by atoms with Crippen LogP contribution < -0.4 is 5.32 Å². The Morgan fingerprint density at radius 1 is 1.41 bits per heavy atom. The van der Waals surface area contributed by atoms with Crippen molar-refractivity contribution in [3.8, 4) is 0 Å². The SMILES string of the molecule is O=[N+]([O-])c1cc(Cl)c(NCC(O)CO)c(Cl)c1. The van der Waals surface area contributed by atoms with E-state index in [1.54, 1.807) is 0 Å². The van der Waals surface area contributed by atoms with Crippen molar-refractivity contribution in [2.45, 2.75) is 6.10 Å². The zero-order valence-electron chi connectivity index (χ0n) is 8.56. The third kappa shape index (κ3) is 3.71. The van der Waals surface area contributed by atoms with Crippen molar-refractivity contribution in [2.75, 3.05) is 18.5 Å². The Morgan fingerprint density at radius 3 is 2.35 bits per heavy atom. The van der Waals surface area contributed by atoms with Crippen LogP contribution in [0.4, 0.5) is 11.4 Å². The average Bonchev–Trinajstić information content (AvgIpc) is 2.27. The summed E-state index contributed by atoms with van der Waals surface area (Å²) in [7, 11) is 0. The summed E-state index contributed by atoms with van der Waals surface area (Å²) in [6.45, 7) is -0.372. The summed E-state index contributed by atoms with van der Waals surface area (Å²) < 4.78 is 0. The van der Waals surface area contributed by atoms with Crippen molar-refractivity contribution < 1.29 is 15.1 Å². The van der Waals surface area contributed by atoms with Gasteiger partial charge in [0.2, 0.25) is 0 Å². The van der Waals surface area contributed by atoms with Gasteiger partial charge in [-0.25, -0.2) is 0 Å². The van der Waals surface area contributed by atoms with Crippen molar-refractivity contribution in [1.29, 1.82) is 0 Å². The topological polar surface area (TPSA) is 95.6 Å². The largest absolute Gasteiger partial charge is 0.394 e. The fourth-order valence-corrected chi connectivity index (χ4v) is 1.73. The lowest BCUT2D eigenvalue weighted by atomic mass is 10.2. The van der Waals surface area contributed by atoms with Gasteiger partial charge in [0, 0.05) is 18.7 Å². The van der Waals surface area contributed by atoms with Gasteiger partial charge in [-0.05, 0) is 0 Å². The minimum Gasteiger partial charge on any atom is -0.394 e. The zero-order valence-corrected chi connectivity index (χ0v) is 10.1. The van der Waals surface area contributed by atoms with Gasteiger partial charge >= 0.3 is 0 Å². The van der Waals surface area contributed by atoms with Gasteiger partial charge in [0.15, 0.2) is 0 Å². The first-order valence-electron chi connectivity index (χ1n) is 4.62. The Bertz CT molecular complexity index is 404. The predicted octanol–water partition coefficient (Wildman–Crippen LogP) is 1.67. The summed E-state index contributed by atoms with van der Waals surface area (Å²) in [5.74, 6) is 0. The average molecular weight is 281 g/mol. The van der Waals surface area contributed by atoms with Gasteiger partial charge in [0.1, 0.15) is 0 Å². The highest BCUT2D eigenvalue weighted by Crippen LogP contribution is 2.34. The monoisotopic (exact) mass is 280 g/mol. The number of benzene rings is 1. The number of aliphatic hydroxyl groups excluding tert-OH is 2. The van der Waals surface area contributed by atoms with E-state index >= 15 is 0 Å². The van der Waals surface area contributed by atoms with Crippen molar-refractivity contribution >= 4 is 34.6 Å². The number of hydrogen-bond donors (Lipinski definition) is 3. The van der Waals surface area contributed by atoms with Crippen LogP contribution >= 0.6 is 23.2 Å². The van der Waals surface area contributed by atoms with Crippen molar-refractivity contribution in [3.63, 3.8) is 0 Å². The summed E-state index contributed by atoms with van der Waals surface area (Å²) in [5, 5.41) is 31.1. The van der Waals surface area contributed by atoms with E-state index in [0.29, 0.717) is 0 Å². The fraction of sp³-hybridized carbons (Fsp3) is 0.333. The van der Waals surface area contributed by atoms with Gasteiger partial charge in [-0.2, -0.15) is 0 Å². The molecule has 1 aromatic carbocycles. The standard InChI is InChI=1S/C9H10Cl2N2O4/c10-7-1-5(13(16)17)2-8(11)9(7)12-3-6(15)4-14/h1-2,6,12,14-15H,3-4H2. The summed E-state index contributed by atoms with van der Waals surface area (Å²) >= 11 is 11.6. The molecule has 0 bridgehead atoms. The molecule has 1 unspecified atom stereocenters. The molecule has 3 N–H and O–H groups in total. The van der Waals surface area contributed by atoms with E-state index in [0.717, 1.165) is 12.1 Å². The number of nitro groups is 1. The molecule has 0 aliphatic rings. The molecule has 6 nitrogen and oxygen atoms in total. The molecule has 94 valence electrons. The van der Waals surface area contributed by atoms with E-state index < -0.39 is 17.6 Å². The molecule has 17 heavy (non-hydrogen) atoms. The maximum absolute atomic E-state index is 10.5. The number of anilines is 1. The molecular formula is C9H10Cl2N2O4. The number of rotatable bonds is 5. The molecular weight excluding hydrogens is 271 g/mol. The van der Waals surface area contributed by atoms with E-state index in [1.165, 1.54) is 0 Å². The smallest absolute Gasteiger partial charge is 0.272 e. The van der Waals surface area contributed by atoms with Gasteiger partial charge in [-0.1, -0.05) is 23.2 Å². The maximum atomic E-state index is 10.5. The number of hydrogen-bond acceptors (Lipinski definition) is 5. The van der Waals surface area contributed by atoms with Crippen LogP contribution in [0.1, 0.15) is 0 Å². The minimum atomic E-state index is -0.961. The summed E-state index contributed by atoms with van der Waals surface area (Å²) in [4.78, 5) is 9.92. The highest BCUT2D eigenvalue weighted by molar-refractivity contribution is 6.39. The number of aliphatic hydroxyl groups is 2. The number of non-ortho nitro benzene ring substituents is 1. The van der Waals surface area contributed by atoms with Gasteiger partial charge in [-0.3, -0.25) is 10.1 Å². The summed E-state index contributed by atoms with van der Waals surface area (Å²) in [6, 6.07) is 2.31. The van der Waals surface area contributed by atoms with Gasteiger partial charge in [0.25, 0.3) is 5.69 Å². The first-order valence-corrected chi connectivity index (χ1v) is 5.37. The molecule has 0 radical (unpaired) electrons. The lowest BCUT2D eigenvalue weighted by molar-refractivity contribution is -0.384. The number of nitrogens with zero attached hydrogens (tertiary/aromatic N) is 1. The minimum absolute atomic E-state index is 0.0355. The second-order valence-corrected chi connectivity index (χ2v) is 4.07. The van der Waals surface area contributed by atoms with Crippen LogP contribution in [-0.2, 0) is 0 Å². The first kappa shape index (κ1) is 14.0. The molecule has 8 heteroatoms. The molecule has 0 heterocycles. The summed E-state index contributed by atoms with van der Waals surface area (Å²) in [5.41, 5.74) is 0.0692. The molecule has 0 saturated carbocycles. The van der Waals surface area contributed by atoms with Gasteiger partial charge in [0.05, 0.1) is 33.4 Å². The van der Waals surface area contributed by atoms with Gasteiger partial charge in [-0.15, -0.1) is 0 Å². The lowest BCUT2D eigenvalue weighted by Gasteiger charge is -2.12. The molecule has 0 saturated heterocycles. The van der Waals surface area contributed by atoms with Crippen LogP contribution in [0, 0.1) is 10.1 Å². The second kappa shape index (κ2) is 6.02. The van der Waals surface area contributed by atoms with Crippen LogP contribution in [0.2, 0.25) is 10.0 Å². The van der Waals surface area contributed by atoms with Crippen LogP contribution in [-0.4, -0.2) is 34.4 Å². The van der Waals surface area contributed by atoms with Crippen LogP contribution in [0.3, 0.4) is 0 Å². The zero-order chi connectivity index (χ0) is 13.0. The number of nitro benzene ring substituents is 1. The third-order valence-corrected chi connectivity index (χ3v) is 2.56. The Morgan fingerprint density at radius 2 is 1.94 bits per heavy atom. The van der Waals surface area contributed by atoms with Crippen molar-refractivity contribution in [3.05, 3.63) is 32.3 Å². The van der Waals surface area contributed by atoms with Crippen molar-refractivity contribution in [2.24, 2.45) is 0 Å². The molecule has 0 fully saturated rings. The Labute approximate surface area is 107 Å². The molecule has 1 aromatic rings. The predicted molar refractivity (Wildman–Crippen MR) is 64.7 cm³/mol. The van der Waals surface area contributed by atoms with E-state index in [4.69, 9.17) is 33.4 Å². The first-order chi connectivity index (χ1) is 7.95. The quantitative estimate of drug-likeness (QED) is 0.563. The molecule has 0 amide bonds. The van der Waals surface area contributed by atoms with Crippen molar-refractivity contribution in [1.82, 2.24) is 0 Å². The highest BCUT2D eigenvalue weighted by atomic mass is 35.5. The number of halogens is 2. The molecule has 0 aromatic heterocycles. The van der Waals surface area contributed by atoms with E-state index in [-0.39, 0.29) is 28.0 Å². The second-order valence-electron chi connectivity index (χ2n) is 3.26. The third-order valence-electron chi connectivity index (χ3n) is 1.96. The Hall–Kier alpha value is -1.08. The Balaban J connectivity index is 2.90. The summed E-state index contributed by atoms with van der Waals surface area (Å²) in [6.07, 6.45) is -0.961. The van der Waals surface area contributed by atoms with E-state index in [1.807, 2.05) is 0 Å². The Kier molecular flexibility index (Phi) is 4.95. The molecule has 0 spiro atoms. The maximum Gasteiger partial charge on any atom is 0.272 e.